The van der Waals surface area contributed by atoms with Gasteiger partial charge >= 0.3 is 11.3 Å². The molecule has 0 radical (unpaired) electrons. The minimum Gasteiger partial charge on any atom is -0.453 e. The maximum Gasteiger partial charge on any atom is 0.347 e. The highest BCUT2D eigenvalue weighted by Gasteiger charge is 2.25. The van der Waals surface area contributed by atoms with Crippen molar-refractivity contribution in [3.63, 3.8) is 0 Å². The molecule has 0 unspecified atom stereocenters. The standard InChI is InChI=1S/C34H18O5/c35-33-25-17-20-18-26(37-21-11-3-1-4-12-21)32(38-22-13-5-2-6-14-22)30-24-16-8-10-19-9-7-15-23(27(19)24)29(28(20)30)31(25)34(36)39-33/h1-18H. The molecule has 0 fully saturated rings. The quantitative estimate of drug-likeness (QED) is 0.178. The third-order valence-corrected chi connectivity index (χ3v) is 7.33. The minimum atomic E-state index is -0.643. The maximum absolute atomic E-state index is 13.1. The molecule has 8 rings (SSSR count). The van der Waals surface area contributed by atoms with Gasteiger partial charge in [0.2, 0.25) is 0 Å². The van der Waals surface area contributed by atoms with Crippen molar-refractivity contribution in [2.75, 3.05) is 0 Å². The molecule has 0 amide bonds. The second-order valence-corrected chi connectivity index (χ2v) is 9.57. The van der Waals surface area contributed by atoms with Crippen LogP contribution in [0.4, 0.5) is 0 Å². The minimum absolute atomic E-state index is 0.257. The third kappa shape index (κ3) is 3.14. The summed E-state index contributed by atoms with van der Waals surface area (Å²) in [5.74, 6) is 2.31. The SMILES string of the molecule is O=c1oc(=O)c2c1cc1cc(Oc3ccccc3)c(Oc3ccccc3)c3c4cccc5cccc(c54)c2c13. The average molecular weight is 507 g/mol. The van der Waals surface area contributed by atoms with E-state index in [-0.39, 0.29) is 10.8 Å². The van der Waals surface area contributed by atoms with Crippen molar-refractivity contribution in [2.45, 2.75) is 0 Å². The van der Waals surface area contributed by atoms with Gasteiger partial charge in [-0.15, -0.1) is 0 Å². The van der Waals surface area contributed by atoms with Crippen molar-refractivity contribution in [3.05, 3.63) is 130 Å². The van der Waals surface area contributed by atoms with Crippen LogP contribution in [0.3, 0.4) is 0 Å². The number of hydrogen-bond donors (Lipinski definition) is 0. The summed E-state index contributed by atoms with van der Waals surface area (Å²) in [6.07, 6.45) is 0. The molecule has 7 aromatic carbocycles. The Labute approximate surface area is 220 Å². The van der Waals surface area contributed by atoms with Crippen molar-refractivity contribution in [1.82, 2.24) is 0 Å². The van der Waals surface area contributed by atoms with Gasteiger partial charge in [-0.25, -0.2) is 9.59 Å². The van der Waals surface area contributed by atoms with Crippen molar-refractivity contribution in [3.8, 4) is 23.0 Å². The van der Waals surface area contributed by atoms with Crippen molar-refractivity contribution >= 4 is 53.9 Å². The molecule has 0 atom stereocenters. The molecule has 1 aromatic heterocycles. The Morgan fingerprint density at radius 3 is 1.79 bits per heavy atom. The van der Waals surface area contributed by atoms with Crippen LogP contribution < -0.4 is 20.7 Å². The molecule has 1 heterocycles. The van der Waals surface area contributed by atoms with E-state index in [9.17, 15) is 9.59 Å². The van der Waals surface area contributed by atoms with Crippen LogP contribution in [0.25, 0.3) is 53.9 Å². The van der Waals surface area contributed by atoms with Crippen LogP contribution in [0, 0.1) is 0 Å². The van der Waals surface area contributed by atoms with Crippen LogP contribution in [0.15, 0.2) is 123 Å². The van der Waals surface area contributed by atoms with E-state index in [4.69, 9.17) is 13.9 Å². The molecule has 0 saturated heterocycles. The highest BCUT2D eigenvalue weighted by atomic mass is 16.5. The molecule has 39 heavy (non-hydrogen) atoms. The third-order valence-electron chi connectivity index (χ3n) is 7.33. The first kappa shape index (κ1) is 21.6. The highest BCUT2D eigenvalue weighted by Crippen LogP contribution is 2.51. The maximum atomic E-state index is 13.1. The summed E-state index contributed by atoms with van der Waals surface area (Å²) < 4.78 is 18.2. The number of fused-ring (bicyclic) bond motifs is 4. The van der Waals surface area contributed by atoms with Crippen molar-refractivity contribution < 1.29 is 13.9 Å². The van der Waals surface area contributed by atoms with Gasteiger partial charge in [0.05, 0.1) is 10.8 Å². The molecular weight excluding hydrogens is 488 g/mol. The highest BCUT2D eigenvalue weighted by molar-refractivity contribution is 6.39. The monoisotopic (exact) mass is 506 g/mol. The number of benzene rings is 7. The number of furan rings is 1. The Morgan fingerprint density at radius 1 is 0.462 bits per heavy atom. The van der Waals surface area contributed by atoms with E-state index in [1.807, 2.05) is 97.1 Å². The van der Waals surface area contributed by atoms with Gasteiger partial charge < -0.3 is 13.9 Å². The molecule has 0 aliphatic rings. The van der Waals surface area contributed by atoms with E-state index in [1.54, 1.807) is 6.07 Å². The molecule has 184 valence electrons. The van der Waals surface area contributed by atoms with Crippen LogP contribution in [-0.4, -0.2) is 0 Å². The van der Waals surface area contributed by atoms with Gasteiger partial charge in [0.1, 0.15) is 11.5 Å². The van der Waals surface area contributed by atoms with E-state index < -0.39 is 11.3 Å². The molecule has 5 nitrogen and oxygen atoms in total. The zero-order valence-electron chi connectivity index (χ0n) is 20.4. The lowest BCUT2D eigenvalue weighted by molar-refractivity contribution is 0.423. The molecule has 0 bridgehead atoms. The van der Waals surface area contributed by atoms with E-state index in [1.165, 1.54) is 0 Å². The summed E-state index contributed by atoms with van der Waals surface area (Å²) >= 11 is 0. The van der Waals surface area contributed by atoms with Gasteiger partial charge in [-0.1, -0.05) is 72.8 Å². The lowest BCUT2D eigenvalue weighted by Gasteiger charge is -2.20. The summed E-state index contributed by atoms with van der Waals surface area (Å²) in [6.45, 7) is 0. The Morgan fingerprint density at radius 2 is 1.10 bits per heavy atom. The van der Waals surface area contributed by atoms with Crippen LogP contribution in [0.5, 0.6) is 23.0 Å². The molecule has 0 aliphatic carbocycles. The average Bonchev–Trinajstić information content (AvgIpc) is 3.25. The van der Waals surface area contributed by atoms with E-state index in [0.717, 1.165) is 37.7 Å². The second kappa shape index (κ2) is 8.04. The van der Waals surface area contributed by atoms with Gasteiger partial charge in [-0.3, -0.25) is 0 Å². The fraction of sp³-hybridized carbons (Fsp3) is 0. The zero-order chi connectivity index (χ0) is 26.1. The normalized spacial score (nSPS) is 11.8. The van der Waals surface area contributed by atoms with Crippen molar-refractivity contribution in [2.24, 2.45) is 0 Å². The van der Waals surface area contributed by atoms with Gasteiger partial charge in [0, 0.05) is 16.2 Å². The summed E-state index contributed by atoms with van der Waals surface area (Å²) in [7, 11) is 0. The van der Waals surface area contributed by atoms with Crippen LogP contribution in [0.2, 0.25) is 0 Å². The lowest BCUT2D eigenvalue weighted by Crippen LogP contribution is -1.98. The summed E-state index contributed by atoms with van der Waals surface area (Å²) in [6, 6.07) is 34.7. The van der Waals surface area contributed by atoms with E-state index >= 15 is 0 Å². The Hall–Kier alpha value is -5.42. The molecule has 8 aromatic rings. The number of rotatable bonds is 4. The first-order valence-electron chi connectivity index (χ1n) is 12.6. The Kier molecular flexibility index (Phi) is 4.46. The summed E-state index contributed by atoms with van der Waals surface area (Å²) in [5.41, 5.74) is -1.28. The van der Waals surface area contributed by atoms with Crippen LogP contribution in [0.1, 0.15) is 0 Å². The van der Waals surface area contributed by atoms with Gasteiger partial charge in [0.15, 0.2) is 11.5 Å². The Bertz CT molecular complexity index is 2300. The largest absolute Gasteiger partial charge is 0.453 e. The van der Waals surface area contributed by atoms with Gasteiger partial charge in [-0.2, -0.15) is 0 Å². The molecule has 0 aliphatic heterocycles. The molecule has 5 heteroatoms. The van der Waals surface area contributed by atoms with Gasteiger partial charge in [-0.05, 0) is 63.3 Å². The predicted molar refractivity (Wildman–Crippen MR) is 154 cm³/mol. The molecule has 0 saturated carbocycles. The fourth-order valence-electron chi connectivity index (χ4n) is 5.78. The number of ether oxygens (including phenoxy) is 2. The number of hydrogen-bond acceptors (Lipinski definition) is 5. The topological polar surface area (TPSA) is 65.7 Å². The van der Waals surface area contributed by atoms with Gasteiger partial charge in [0.25, 0.3) is 0 Å². The smallest absolute Gasteiger partial charge is 0.347 e. The molecular formula is C34H18O5. The van der Waals surface area contributed by atoms with E-state index in [2.05, 4.69) is 6.07 Å². The Balaban J connectivity index is 1.64. The summed E-state index contributed by atoms with van der Waals surface area (Å²) in [5, 5.41) is 7.43. The molecule has 0 spiro atoms. The zero-order valence-corrected chi connectivity index (χ0v) is 20.4. The fourth-order valence-corrected chi connectivity index (χ4v) is 5.78. The van der Waals surface area contributed by atoms with Crippen LogP contribution >= 0.6 is 0 Å². The van der Waals surface area contributed by atoms with Crippen molar-refractivity contribution in [1.29, 1.82) is 0 Å². The van der Waals surface area contributed by atoms with Crippen LogP contribution in [-0.2, 0) is 0 Å². The predicted octanol–water partition coefficient (Wildman–Crippen LogP) is 8.23. The van der Waals surface area contributed by atoms with E-state index in [0.29, 0.717) is 28.4 Å². The summed E-state index contributed by atoms with van der Waals surface area (Å²) in [4.78, 5) is 25.8. The first-order valence-corrected chi connectivity index (χ1v) is 12.6. The molecule has 0 N–H and O–H groups in total. The number of para-hydroxylation sites is 2. The second-order valence-electron chi connectivity index (χ2n) is 9.57. The first-order chi connectivity index (χ1) is 19.2. The lowest BCUT2D eigenvalue weighted by atomic mass is 9.87.